The van der Waals surface area contributed by atoms with E-state index in [4.69, 9.17) is 9.72 Å². The largest absolute Gasteiger partial charge is 0.497 e. The van der Waals surface area contributed by atoms with Crippen LogP contribution in [0, 0.1) is 0 Å². The van der Waals surface area contributed by atoms with E-state index in [1.54, 1.807) is 7.11 Å². The summed E-state index contributed by atoms with van der Waals surface area (Å²) in [6.07, 6.45) is 1.06. The number of fused-ring (bicyclic) bond motifs is 1. The summed E-state index contributed by atoms with van der Waals surface area (Å²) in [5.41, 5.74) is 3.93. The Bertz CT molecular complexity index is 1060. The van der Waals surface area contributed by atoms with E-state index >= 15 is 0 Å². The molecule has 29 heavy (non-hydrogen) atoms. The van der Waals surface area contributed by atoms with Crippen LogP contribution in [0.4, 0.5) is 0 Å². The number of hydrogen-bond donors (Lipinski definition) is 2. The third kappa shape index (κ3) is 4.46. The molecule has 1 amide bonds. The minimum Gasteiger partial charge on any atom is -0.497 e. The van der Waals surface area contributed by atoms with Gasteiger partial charge in [0, 0.05) is 6.42 Å². The molecule has 0 unspecified atom stereocenters. The third-order valence-corrected chi connectivity index (χ3v) is 4.92. The van der Waals surface area contributed by atoms with E-state index in [2.05, 4.69) is 10.3 Å². The first-order valence-electron chi connectivity index (χ1n) is 9.65. The number of rotatable bonds is 7. The van der Waals surface area contributed by atoms with Crippen LogP contribution in [-0.2, 0) is 11.2 Å². The highest BCUT2D eigenvalue weighted by Crippen LogP contribution is 2.23. The van der Waals surface area contributed by atoms with Crippen molar-refractivity contribution in [2.45, 2.75) is 18.9 Å². The van der Waals surface area contributed by atoms with Crippen LogP contribution < -0.4 is 10.1 Å². The normalized spacial score (nSPS) is 11.9. The van der Waals surface area contributed by atoms with Gasteiger partial charge in [-0.05, 0) is 41.8 Å². The van der Waals surface area contributed by atoms with Crippen LogP contribution in [0.25, 0.3) is 11.0 Å². The van der Waals surface area contributed by atoms with E-state index in [1.807, 2.05) is 78.9 Å². The van der Waals surface area contributed by atoms with Gasteiger partial charge in [0.1, 0.15) is 17.6 Å². The molecule has 0 aliphatic carbocycles. The first-order valence-corrected chi connectivity index (χ1v) is 9.65. The Morgan fingerprint density at radius 1 is 1.00 bits per heavy atom. The molecule has 1 aromatic heterocycles. The van der Waals surface area contributed by atoms with E-state index < -0.39 is 0 Å². The van der Waals surface area contributed by atoms with Crippen LogP contribution in [0.2, 0.25) is 0 Å². The van der Waals surface area contributed by atoms with Gasteiger partial charge in [-0.1, -0.05) is 54.6 Å². The summed E-state index contributed by atoms with van der Waals surface area (Å²) >= 11 is 0. The van der Waals surface area contributed by atoms with Gasteiger partial charge in [-0.25, -0.2) is 4.98 Å². The van der Waals surface area contributed by atoms with Crippen LogP contribution in [0.1, 0.15) is 29.4 Å². The lowest BCUT2D eigenvalue weighted by Crippen LogP contribution is -2.30. The minimum absolute atomic E-state index is 0.0184. The number of carbonyl (C=O) groups excluding carboxylic acids is 1. The van der Waals surface area contributed by atoms with E-state index in [0.717, 1.165) is 33.7 Å². The van der Waals surface area contributed by atoms with Gasteiger partial charge in [0.05, 0.1) is 18.1 Å². The van der Waals surface area contributed by atoms with Crippen molar-refractivity contribution in [1.82, 2.24) is 15.3 Å². The monoisotopic (exact) mass is 385 g/mol. The molecular formula is C24H23N3O2. The number of benzene rings is 3. The van der Waals surface area contributed by atoms with Gasteiger partial charge in [-0.2, -0.15) is 0 Å². The number of H-pyrrole nitrogens is 1. The first-order chi connectivity index (χ1) is 14.2. The van der Waals surface area contributed by atoms with E-state index in [9.17, 15) is 4.79 Å². The molecule has 0 aliphatic heterocycles. The standard InChI is InChI=1S/C24H23N3O2/c1-29-19-14-11-17(12-15-19)13-16-22(28)27-23(18-7-3-2-4-8-18)24-25-20-9-5-6-10-21(20)26-24/h2-12,14-15,23H,13,16H2,1H3,(H,25,26)(H,27,28)/t23-/m0/s1. The Morgan fingerprint density at radius 3 is 2.45 bits per heavy atom. The van der Waals surface area contributed by atoms with Crippen molar-refractivity contribution < 1.29 is 9.53 Å². The van der Waals surface area contributed by atoms with Crippen molar-refractivity contribution in [2.24, 2.45) is 0 Å². The number of imidazole rings is 1. The van der Waals surface area contributed by atoms with Crippen molar-refractivity contribution in [3.05, 3.63) is 95.8 Å². The topological polar surface area (TPSA) is 67.0 Å². The summed E-state index contributed by atoms with van der Waals surface area (Å²) in [5, 5.41) is 3.15. The Morgan fingerprint density at radius 2 is 1.72 bits per heavy atom. The average Bonchev–Trinajstić information content (AvgIpc) is 3.21. The lowest BCUT2D eigenvalue weighted by atomic mass is 10.1. The Labute approximate surface area is 169 Å². The molecule has 4 aromatic rings. The van der Waals surface area contributed by atoms with Gasteiger partial charge in [0.15, 0.2) is 0 Å². The number of aromatic amines is 1. The molecule has 1 heterocycles. The highest BCUT2D eigenvalue weighted by atomic mass is 16.5. The van der Waals surface area contributed by atoms with Crippen molar-refractivity contribution in [1.29, 1.82) is 0 Å². The van der Waals surface area contributed by atoms with Crippen molar-refractivity contribution in [3.8, 4) is 5.75 Å². The maximum atomic E-state index is 12.7. The molecule has 0 saturated heterocycles. The lowest BCUT2D eigenvalue weighted by molar-refractivity contribution is -0.121. The molecule has 0 fully saturated rings. The second-order valence-corrected chi connectivity index (χ2v) is 6.90. The zero-order chi connectivity index (χ0) is 20.1. The molecule has 146 valence electrons. The number of ether oxygens (including phenoxy) is 1. The minimum atomic E-state index is -0.327. The zero-order valence-electron chi connectivity index (χ0n) is 16.3. The molecule has 0 bridgehead atoms. The molecule has 1 atom stereocenters. The number of hydrogen-bond acceptors (Lipinski definition) is 3. The second-order valence-electron chi connectivity index (χ2n) is 6.90. The number of nitrogens with zero attached hydrogens (tertiary/aromatic N) is 1. The summed E-state index contributed by atoms with van der Waals surface area (Å²) in [6, 6.07) is 25.2. The van der Waals surface area contributed by atoms with Crippen LogP contribution in [0.3, 0.4) is 0 Å². The number of nitrogens with one attached hydrogen (secondary N) is 2. The molecule has 0 radical (unpaired) electrons. The SMILES string of the molecule is COc1ccc(CCC(=O)N[C@@H](c2ccccc2)c2nc3ccccc3[nH]2)cc1. The summed E-state index contributed by atoms with van der Waals surface area (Å²) in [4.78, 5) is 20.8. The summed E-state index contributed by atoms with van der Waals surface area (Å²) in [6.45, 7) is 0. The molecule has 0 spiro atoms. The number of methoxy groups -OCH3 is 1. The highest BCUT2D eigenvalue weighted by molar-refractivity contribution is 5.78. The molecule has 5 nitrogen and oxygen atoms in total. The fourth-order valence-electron chi connectivity index (χ4n) is 3.35. The maximum absolute atomic E-state index is 12.7. The fourth-order valence-corrected chi connectivity index (χ4v) is 3.35. The zero-order valence-corrected chi connectivity index (χ0v) is 16.3. The fraction of sp³-hybridized carbons (Fsp3) is 0.167. The van der Waals surface area contributed by atoms with Gasteiger partial charge in [-0.3, -0.25) is 4.79 Å². The molecule has 4 rings (SSSR count). The van der Waals surface area contributed by atoms with Gasteiger partial charge in [0.2, 0.25) is 5.91 Å². The van der Waals surface area contributed by atoms with Crippen LogP contribution in [0.5, 0.6) is 5.75 Å². The Balaban J connectivity index is 1.51. The molecule has 2 N–H and O–H groups in total. The quantitative estimate of drug-likeness (QED) is 0.495. The number of para-hydroxylation sites is 2. The summed E-state index contributed by atoms with van der Waals surface area (Å²) in [5.74, 6) is 1.53. The molecule has 5 heteroatoms. The van der Waals surface area contributed by atoms with Gasteiger partial charge >= 0.3 is 0 Å². The number of aryl methyl sites for hydroxylation is 1. The lowest BCUT2D eigenvalue weighted by Gasteiger charge is -2.17. The first kappa shape index (κ1) is 18.7. The second kappa shape index (κ2) is 8.61. The van der Waals surface area contributed by atoms with Gasteiger partial charge in [-0.15, -0.1) is 0 Å². The predicted octanol–water partition coefficient (Wildman–Crippen LogP) is 4.41. The molecule has 0 aliphatic rings. The van der Waals surface area contributed by atoms with Gasteiger partial charge < -0.3 is 15.0 Å². The van der Waals surface area contributed by atoms with E-state index in [-0.39, 0.29) is 11.9 Å². The van der Waals surface area contributed by atoms with E-state index in [0.29, 0.717) is 12.8 Å². The Hall–Kier alpha value is -3.60. The summed E-state index contributed by atoms with van der Waals surface area (Å²) < 4.78 is 5.18. The smallest absolute Gasteiger partial charge is 0.221 e. The van der Waals surface area contributed by atoms with Crippen LogP contribution in [-0.4, -0.2) is 23.0 Å². The number of aromatic nitrogens is 2. The van der Waals surface area contributed by atoms with Crippen molar-refractivity contribution in [2.75, 3.05) is 7.11 Å². The van der Waals surface area contributed by atoms with Crippen LogP contribution in [0.15, 0.2) is 78.9 Å². The molecule has 3 aromatic carbocycles. The van der Waals surface area contributed by atoms with Crippen molar-refractivity contribution >= 4 is 16.9 Å². The van der Waals surface area contributed by atoms with E-state index in [1.165, 1.54) is 0 Å². The highest BCUT2D eigenvalue weighted by Gasteiger charge is 2.20. The van der Waals surface area contributed by atoms with Crippen molar-refractivity contribution in [3.63, 3.8) is 0 Å². The average molecular weight is 385 g/mol. The number of amides is 1. The third-order valence-electron chi connectivity index (χ3n) is 4.92. The molecule has 0 saturated carbocycles. The summed E-state index contributed by atoms with van der Waals surface area (Å²) in [7, 11) is 1.64. The Kier molecular flexibility index (Phi) is 5.56. The number of carbonyl (C=O) groups is 1. The maximum Gasteiger partial charge on any atom is 0.221 e. The van der Waals surface area contributed by atoms with Gasteiger partial charge in [0.25, 0.3) is 0 Å². The van der Waals surface area contributed by atoms with Crippen LogP contribution >= 0.6 is 0 Å². The molecular weight excluding hydrogens is 362 g/mol. The predicted molar refractivity (Wildman–Crippen MR) is 114 cm³/mol.